The molecule has 4 N–H and O–H groups in total. The molecular formula is C17H23F6N3O4. The number of hydrogen-bond donors (Lipinski definition) is 3. The Bertz CT molecular complexity index is 672. The molecule has 0 saturated heterocycles. The predicted octanol–water partition coefficient (Wildman–Crippen LogP) is 2.06. The van der Waals surface area contributed by atoms with Gasteiger partial charge >= 0.3 is 18.3 Å². The zero-order valence-electron chi connectivity index (χ0n) is 15.6. The Morgan fingerprint density at radius 1 is 0.867 bits per heavy atom. The number of esters is 1. The summed E-state index contributed by atoms with van der Waals surface area (Å²) in [5.74, 6) is -2.27. The molecule has 0 bridgehead atoms. The summed E-state index contributed by atoms with van der Waals surface area (Å²) in [5, 5.41) is 3.26. The van der Waals surface area contributed by atoms with E-state index in [4.69, 9.17) is 10.5 Å². The van der Waals surface area contributed by atoms with Crippen LogP contribution in [0.3, 0.4) is 0 Å². The van der Waals surface area contributed by atoms with Crippen LogP contribution >= 0.6 is 0 Å². The van der Waals surface area contributed by atoms with Crippen LogP contribution in [0.4, 0.5) is 26.3 Å². The molecule has 0 aliphatic heterocycles. The van der Waals surface area contributed by atoms with Crippen molar-refractivity contribution in [2.24, 2.45) is 5.73 Å². The highest BCUT2D eigenvalue weighted by atomic mass is 19.4. The Morgan fingerprint density at radius 3 is 1.83 bits per heavy atom. The van der Waals surface area contributed by atoms with Crippen LogP contribution in [-0.2, 0) is 25.7 Å². The summed E-state index contributed by atoms with van der Waals surface area (Å²) in [6.07, 6.45) is -9.39. The van der Waals surface area contributed by atoms with Gasteiger partial charge in [-0.2, -0.15) is 26.3 Å². The van der Waals surface area contributed by atoms with Gasteiger partial charge in [-0.3, -0.25) is 14.4 Å². The number of nitrogens with one attached hydrogen (secondary N) is 2. The molecule has 0 unspecified atom stereocenters. The van der Waals surface area contributed by atoms with Gasteiger partial charge in [0.2, 0.25) is 11.8 Å². The molecule has 0 radical (unpaired) electrons. The summed E-state index contributed by atoms with van der Waals surface area (Å²) in [4.78, 5) is 32.5. The van der Waals surface area contributed by atoms with Gasteiger partial charge in [-0.1, -0.05) is 30.3 Å². The van der Waals surface area contributed by atoms with E-state index in [1.54, 1.807) is 34.9 Å². The highest BCUT2D eigenvalue weighted by Crippen LogP contribution is 2.12. The first kappa shape index (κ1) is 27.2. The lowest BCUT2D eigenvalue weighted by Crippen LogP contribution is -2.37. The van der Waals surface area contributed by atoms with Crippen molar-refractivity contribution in [3.8, 4) is 0 Å². The van der Waals surface area contributed by atoms with Gasteiger partial charge in [0.25, 0.3) is 0 Å². The third-order valence-electron chi connectivity index (χ3n) is 2.96. The number of hydrogen-bond acceptors (Lipinski definition) is 5. The van der Waals surface area contributed by atoms with Crippen molar-refractivity contribution in [1.82, 2.24) is 10.6 Å². The summed E-state index contributed by atoms with van der Waals surface area (Å²) >= 11 is 0. The van der Waals surface area contributed by atoms with Crippen LogP contribution in [0.25, 0.3) is 0 Å². The van der Waals surface area contributed by atoms with Crippen LogP contribution in [-0.4, -0.2) is 49.8 Å². The number of benzene rings is 1. The minimum atomic E-state index is -4.45. The van der Waals surface area contributed by atoms with Crippen LogP contribution in [0.15, 0.2) is 30.3 Å². The molecule has 1 aromatic carbocycles. The fourth-order valence-electron chi connectivity index (χ4n) is 1.58. The first-order chi connectivity index (χ1) is 13.8. The molecule has 1 aromatic rings. The molecule has 0 saturated carbocycles. The number of rotatable bonds is 8. The van der Waals surface area contributed by atoms with Gasteiger partial charge in [-0.15, -0.1) is 0 Å². The minimum absolute atomic E-state index is 0. The lowest BCUT2D eigenvalue weighted by molar-refractivity contribution is -0.147. The van der Waals surface area contributed by atoms with Crippen LogP contribution in [0.1, 0.15) is 19.8 Å². The van der Waals surface area contributed by atoms with Crippen molar-refractivity contribution in [3.63, 3.8) is 0 Å². The molecular weight excluding hydrogens is 424 g/mol. The Kier molecular flexibility index (Phi) is 12.1. The largest absolute Gasteiger partial charge is 0.461 e. The SMILES string of the molecule is NCC(=O)NCC(F)(F)F.O=C(CCC(=O)OCc1ccccc1)NCC(F)(F)F.[HH]. The fraction of sp³-hybridized carbons (Fsp3) is 0.471. The normalized spacial score (nSPS) is 11.0. The number of nitrogens with two attached hydrogens (primary N) is 1. The highest BCUT2D eigenvalue weighted by Gasteiger charge is 2.28. The van der Waals surface area contributed by atoms with Crippen molar-refractivity contribution in [2.75, 3.05) is 19.6 Å². The number of carbonyl (C=O) groups excluding carboxylic acids is 3. The minimum Gasteiger partial charge on any atom is -0.461 e. The highest BCUT2D eigenvalue weighted by molar-refractivity contribution is 5.81. The maximum absolute atomic E-state index is 11.8. The van der Waals surface area contributed by atoms with Gasteiger partial charge in [0.15, 0.2) is 0 Å². The lowest BCUT2D eigenvalue weighted by Gasteiger charge is -2.08. The number of halogens is 6. The van der Waals surface area contributed by atoms with E-state index < -0.39 is 49.8 Å². The van der Waals surface area contributed by atoms with E-state index in [9.17, 15) is 40.7 Å². The van der Waals surface area contributed by atoms with Crippen molar-refractivity contribution in [3.05, 3.63) is 35.9 Å². The summed E-state index contributed by atoms with van der Waals surface area (Å²) in [7, 11) is 0. The third-order valence-corrected chi connectivity index (χ3v) is 2.96. The van der Waals surface area contributed by atoms with Gasteiger partial charge in [-0.05, 0) is 5.56 Å². The summed E-state index contributed by atoms with van der Waals surface area (Å²) in [6.45, 7) is -3.06. The van der Waals surface area contributed by atoms with E-state index in [-0.39, 0.29) is 20.9 Å². The topological polar surface area (TPSA) is 111 Å². The summed E-state index contributed by atoms with van der Waals surface area (Å²) in [6, 6.07) is 8.92. The molecule has 0 atom stereocenters. The van der Waals surface area contributed by atoms with Gasteiger partial charge in [0.1, 0.15) is 19.7 Å². The van der Waals surface area contributed by atoms with Gasteiger partial charge in [0, 0.05) is 7.85 Å². The fourth-order valence-corrected chi connectivity index (χ4v) is 1.58. The second-order valence-corrected chi connectivity index (χ2v) is 5.63. The zero-order valence-corrected chi connectivity index (χ0v) is 15.6. The molecule has 0 aromatic heterocycles. The van der Waals surface area contributed by atoms with Crippen LogP contribution in [0, 0.1) is 0 Å². The summed E-state index contributed by atoms with van der Waals surface area (Å²) < 4.78 is 74.2. The van der Waals surface area contributed by atoms with Crippen LogP contribution in [0.5, 0.6) is 0 Å². The van der Waals surface area contributed by atoms with Crippen LogP contribution < -0.4 is 16.4 Å². The van der Waals surface area contributed by atoms with E-state index in [1.165, 1.54) is 0 Å². The number of amides is 2. The zero-order chi connectivity index (χ0) is 23.2. The second kappa shape index (κ2) is 13.4. The quantitative estimate of drug-likeness (QED) is 0.418. The van der Waals surface area contributed by atoms with Crippen molar-refractivity contribution in [2.45, 2.75) is 31.8 Å². The van der Waals surface area contributed by atoms with Crippen molar-refractivity contribution >= 4 is 17.8 Å². The van der Waals surface area contributed by atoms with Crippen molar-refractivity contribution in [1.29, 1.82) is 0 Å². The summed E-state index contributed by atoms with van der Waals surface area (Å²) in [5.41, 5.74) is 5.52. The second-order valence-electron chi connectivity index (χ2n) is 5.63. The maximum atomic E-state index is 11.8. The number of carbonyl (C=O) groups is 3. The first-order valence-electron chi connectivity index (χ1n) is 8.39. The van der Waals surface area contributed by atoms with E-state index in [0.29, 0.717) is 0 Å². The molecule has 13 heteroatoms. The Morgan fingerprint density at radius 2 is 1.37 bits per heavy atom. The molecule has 0 fully saturated rings. The van der Waals surface area contributed by atoms with E-state index in [1.807, 2.05) is 6.07 Å². The van der Waals surface area contributed by atoms with Crippen molar-refractivity contribution < 1.29 is 46.9 Å². The molecule has 2 amide bonds. The Hall–Kier alpha value is -2.83. The molecule has 1 rings (SSSR count). The smallest absolute Gasteiger partial charge is 0.405 e. The molecule has 30 heavy (non-hydrogen) atoms. The average molecular weight is 447 g/mol. The van der Waals surface area contributed by atoms with Crippen LogP contribution in [0.2, 0.25) is 0 Å². The molecule has 0 heterocycles. The molecule has 0 aliphatic carbocycles. The van der Waals surface area contributed by atoms with Gasteiger partial charge in [-0.25, -0.2) is 0 Å². The number of ether oxygens (including phenoxy) is 1. The van der Waals surface area contributed by atoms with E-state index >= 15 is 0 Å². The van der Waals surface area contributed by atoms with Gasteiger partial charge in [0.05, 0.1) is 13.0 Å². The average Bonchev–Trinajstić information content (AvgIpc) is 2.67. The maximum Gasteiger partial charge on any atom is 0.405 e. The third kappa shape index (κ3) is 17.3. The Labute approximate surface area is 169 Å². The molecule has 172 valence electrons. The predicted molar refractivity (Wildman–Crippen MR) is 94.8 cm³/mol. The van der Waals surface area contributed by atoms with E-state index in [2.05, 4.69) is 0 Å². The lowest BCUT2D eigenvalue weighted by atomic mass is 10.2. The number of alkyl halides is 6. The van der Waals surface area contributed by atoms with E-state index in [0.717, 1.165) is 5.56 Å². The molecule has 0 aliphatic rings. The van der Waals surface area contributed by atoms with Gasteiger partial charge < -0.3 is 21.1 Å². The molecule has 0 spiro atoms. The molecule has 7 nitrogen and oxygen atoms in total. The standard InChI is InChI=1S/C13H14F3NO3.C4H7F3N2O.H2/c14-13(15,16)9-17-11(18)6-7-12(19)20-8-10-4-2-1-3-5-10;5-4(6,7)2-9-3(10)1-8;/h1-5H,6-9H2,(H,17,18);1-2,8H2,(H,9,10);1H. The Balaban J connectivity index is 0. The first-order valence-corrected chi connectivity index (χ1v) is 8.39. The monoisotopic (exact) mass is 447 g/mol.